The van der Waals surface area contributed by atoms with Crippen LogP contribution in [-0.2, 0) is 16.1 Å². The van der Waals surface area contributed by atoms with Crippen LogP contribution in [0.2, 0.25) is 0 Å². The fourth-order valence-electron chi connectivity index (χ4n) is 5.43. The van der Waals surface area contributed by atoms with Gasteiger partial charge in [0.25, 0.3) is 11.8 Å². The molecular weight excluding hydrogens is 446 g/mol. The number of hydrogen-bond acceptors (Lipinski definition) is 7. The molecule has 3 heterocycles. The standard InChI is InChI=1S/C26H29N5O4/c1-30(21-7-3-2-6-20(21)28-15-16-5-4-12-27-14-16)17-8-9-18-19(13-17)26(35)31(25(18)34)22-10-11-23(32)29-24(22)33/h4-5,8-9,12-14,20-22,28H,2-3,6-7,10-11,15H2,1H3,(H,29,32,33)/t20-,21-,22?/m1/s1. The van der Waals surface area contributed by atoms with Crippen LogP contribution in [0.3, 0.4) is 0 Å². The molecule has 9 nitrogen and oxygen atoms in total. The Balaban J connectivity index is 1.34. The lowest BCUT2D eigenvalue weighted by Crippen LogP contribution is -2.54. The van der Waals surface area contributed by atoms with Crippen molar-refractivity contribution in [1.29, 1.82) is 0 Å². The summed E-state index contributed by atoms with van der Waals surface area (Å²) >= 11 is 0. The molecule has 2 aromatic rings. The molecule has 2 N–H and O–H groups in total. The van der Waals surface area contributed by atoms with E-state index in [0.29, 0.717) is 11.1 Å². The van der Waals surface area contributed by atoms with Crippen molar-refractivity contribution in [2.75, 3.05) is 11.9 Å². The maximum absolute atomic E-state index is 13.2. The molecule has 182 valence electrons. The molecule has 3 atom stereocenters. The Labute approximate surface area is 203 Å². The average Bonchev–Trinajstić information content (AvgIpc) is 3.12. The molecule has 2 fully saturated rings. The van der Waals surface area contributed by atoms with Gasteiger partial charge in [0, 0.05) is 50.2 Å². The van der Waals surface area contributed by atoms with Gasteiger partial charge in [-0.3, -0.25) is 34.4 Å². The van der Waals surface area contributed by atoms with Gasteiger partial charge in [-0.25, -0.2) is 0 Å². The molecule has 2 aliphatic heterocycles. The van der Waals surface area contributed by atoms with Crippen molar-refractivity contribution in [3.8, 4) is 0 Å². The number of nitrogens with one attached hydrogen (secondary N) is 2. The first-order chi connectivity index (χ1) is 16.9. The van der Waals surface area contributed by atoms with Crippen LogP contribution >= 0.6 is 0 Å². The van der Waals surface area contributed by atoms with Crippen LogP contribution in [0, 0.1) is 0 Å². The highest BCUT2D eigenvalue weighted by molar-refractivity contribution is 6.23. The molecule has 1 aliphatic carbocycles. The molecule has 0 bridgehead atoms. The minimum absolute atomic E-state index is 0.104. The number of pyridine rings is 1. The van der Waals surface area contributed by atoms with E-state index in [0.717, 1.165) is 48.4 Å². The molecule has 3 aliphatic rings. The quantitative estimate of drug-likeness (QED) is 0.615. The molecule has 0 radical (unpaired) electrons. The predicted molar refractivity (Wildman–Crippen MR) is 129 cm³/mol. The van der Waals surface area contributed by atoms with Crippen molar-refractivity contribution in [2.45, 2.75) is 63.2 Å². The van der Waals surface area contributed by atoms with Gasteiger partial charge in [-0.05, 0) is 49.1 Å². The molecule has 1 saturated carbocycles. The van der Waals surface area contributed by atoms with Gasteiger partial charge < -0.3 is 10.2 Å². The largest absolute Gasteiger partial charge is 0.370 e. The lowest BCUT2D eigenvalue weighted by molar-refractivity contribution is -0.136. The molecular formula is C26H29N5O4. The molecule has 4 amide bonds. The number of carbonyl (C=O) groups is 4. The molecule has 9 heteroatoms. The van der Waals surface area contributed by atoms with Crippen LogP contribution in [0.5, 0.6) is 0 Å². The molecule has 35 heavy (non-hydrogen) atoms. The summed E-state index contributed by atoms with van der Waals surface area (Å²) in [6.45, 7) is 0.737. The topological polar surface area (TPSA) is 112 Å². The van der Waals surface area contributed by atoms with Crippen molar-refractivity contribution < 1.29 is 19.2 Å². The van der Waals surface area contributed by atoms with Crippen molar-refractivity contribution >= 4 is 29.3 Å². The van der Waals surface area contributed by atoms with E-state index in [2.05, 4.69) is 26.6 Å². The van der Waals surface area contributed by atoms with E-state index in [-0.39, 0.29) is 30.8 Å². The maximum atomic E-state index is 13.2. The summed E-state index contributed by atoms with van der Waals surface area (Å²) in [5, 5.41) is 5.91. The normalized spacial score (nSPS) is 24.4. The van der Waals surface area contributed by atoms with E-state index in [1.807, 2.05) is 25.4 Å². The van der Waals surface area contributed by atoms with Gasteiger partial charge in [0.1, 0.15) is 6.04 Å². The highest BCUT2D eigenvalue weighted by atomic mass is 16.2. The smallest absolute Gasteiger partial charge is 0.262 e. The van der Waals surface area contributed by atoms with Crippen molar-refractivity contribution in [1.82, 2.24) is 20.5 Å². The Morgan fingerprint density at radius 3 is 2.63 bits per heavy atom. The first-order valence-corrected chi connectivity index (χ1v) is 12.1. The lowest BCUT2D eigenvalue weighted by atomic mass is 9.88. The Morgan fingerprint density at radius 1 is 1.06 bits per heavy atom. The van der Waals surface area contributed by atoms with E-state index < -0.39 is 23.8 Å². The summed E-state index contributed by atoms with van der Waals surface area (Å²) in [4.78, 5) is 57.4. The zero-order valence-electron chi connectivity index (χ0n) is 19.7. The summed E-state index contributed by atoms with van der Waals surface area (Å²) in [6.07, 6.45) is 8.25. The number of piperidine rings is 1. The SMILES string of the molecule is CN(c1ccc2c(c1)C(=O)N(C1CCC(=O)NC1=O)C2=O)[C@@H]1CCCC[C@H]1NCc1cccnc1. The summed E-state index contributed by atoms with van der Waals surface area (Å²) in [7, 11) is 2.02. The Kier molecular flexibility index (Phi) is 6.34. The first kappa shape index (κ1) is 23.2. The summed E-state index contributed by atoms with van der Waals surface area (Å²) < 4.78 is 0. The number of imide groups is 2. The van der Waals surface area contributed by atoms with Gasteiger partial charge in [0.15, 0.2) is 0 Å². The molecule has 0 spiro atoms. The third kappa shape index (κ3) is 4.43. The van der Waals surface area contributed by atoms with E-state index in [4.69, 9.17) is 0 Å². The van der Waals surface area contributed by atoms with E-state index in [9.17, 15) is 19.2 Å². The molecule has 1 aromatic carbocycles. The Hall–Kier alpha value is -3.59. The van der Waals surface area contributed by atoms with Crippen LogP contribution in [0.25, 0.3) is 0 Å². The van der Waals surface area contributed by atoms with Crippen LogP contribution < -0.4 is 15.5 Å². The van der Waals surface area contributed by atoms with Gasteiger partial charge in [-0.1, -0.05) is 18.9 Å². The van der Waals surface area contributed by atoms with E-state index in [1.165, 1.54) is 0 Å². The van der Waals surface area contributed by atoms with E-state index in [1.54, 1.807) is 18.3 Å². The second kappa shape index (κ2) is 9.58. The molecule has 5 rings (SSSR count). The van der Waals surface area contributed by atoms with Crippen LogP contribution in [-0.4, -0.2) is 58.7 Å². The molecule has 1 unspecified atom stereocenters. The number of aromatic nitrogens is 1. The van der Waals surface area contributed by atoms with Crippen LogP contribution in [0.4, 0.5) is 5.69 Å². The number of nitrogens with zero attached hydrogens (tertiary/aromatic N) is 3. The first-order valence-electron chi connectivity index (χ1n) is 12.1. The van der Waals surface area contributed by atoms with Crippen LogP contribution in [0.15, 0.2) is 42.7 Å². The minimum atomic E-state index is -0.958. The highest BCUT2D eigenvalue weighted by Crippen LogP contribution is 2.33. The second-order valence-electron chi connectivity index (χ2n) is 9.49. The second-order valence-corrected chi connectivity index (χ2v) is 9.49. The van der Waals surface area contributed by atoms with E-state index >= 15 is 0 Å². The van der Waals surface area contributed by atoms with Gasteiger partial charge in [-0.2, -0.15) is 0 Å². The summed E-state index contributed by atoms with van der Waals surface area (Å²) in [5.41, 5.74) is 2.59. The lowest BCUT2D eigenvalue weighted by Gasteiger charge is -2.40. The number of hydrogen-bond donors (Lipinski definition) is 2. The predicted octanol–water partition coefficient (Wildman–Crippen LogP) is 2.02. The monoisotopic (exact) mass is 475 g/mol. The van der Waals surface area contributed by atoms with Crippen molar-refractivity contribution in [2.24, 2.45) is 0 Å². The third-order valence-corrected chi connectivity index (χ3v) is 7.35. The summed E-state index contributed by atoms with van der Waals surface area (Å²) in [5.74, 6) is -1.95. The Bertz CT molecular complexity index is 1170. The van der Waals surface area contributed by atoms with Gasteiger partial charge >= 0.3 is 0 Å². The van der Waals surface area contributed by atoms with Gasteiger partial charge in [0.2, 0.25) is 11.8 Å². The summed E-state index contributed by atoms with van der Waals surface area (Å²) in [6, 6.07) is 8.84. The highest BCUT2D eigenvalue weighted by Gasteiger charge is 2.45. The zero-order valence-corrected chi connectivity index (χ0v) is 19.7. The third-order valence-electron chi connectivity index (χ3n) is 7.35. The maximum Gasteiger partial charge on any atom is 0.262 e. The zero-order chi connectivity index (χ0) is 24.5. The number of likely N-dealkylation sites (N-methyl/N-ethyl adjacent to an activating group) is 1. The van der Waals surface area contributed by atoms with Crippen molar-refractivity contribution in [3.63, 3.8) is 0 Å². The average molecular weight is 476 g/mol. The Morgan fingerprint density at radius 2 is 1.86 bits per heavy atom. The number of benzene rings is 1. The number of carbonyl (C=O) groups excluding carboxylic acids is 4. The number of rotatable bonds is 6. The minimum Gasteiger partial charge on any atom is -0.370 e. The number of anilines is 1. The van der Waals surface area contributed by atoms with Gasteiger partial charge in [-0.15, -0.1) is 0 Å². The number of fused-ring (bicyclic) bond motifs is 1. The van der Waals surface area contributed by atoms with Crippen LogP contribution in [0.1, 0.15) is 64.8 Å². The number of amides is 4. The molecule has 1 saturated heterocycles. The van der Waals surface area contributed by atoms with Gasteiger partial charge in [0.05, 0.1) is 11.1 Å². The fourth-order valence-corrected chi connectivity index (χ4v) is 5.43. The van der Waals surface area contributed by atoms with Crippen molar-refractivity contribution in [3.05, 3.63) is 59.4 Å². The molecule has 1 aromatic heterocycles. The fraction of sp³-hybridized carbons (Fsp3) is 0.423.